The summed E-state index contributed by atoms with van der Waals surface area (Å²) in [4.78, 5) is -0.295. The Morgan fingerprint density at radius 3 is 2.33 bits per heavy atom. The summed E-state index contributed by atoms with van der Waals surface area (Å²) in [5.74, 6) is -1.51. The van der Waals surface area contributed by atoms with E-state index in [4.69, 9.17) is 5.73 Å². The Morgan fingerprint density at radius 2 is 1.71 bits per heavy atom. The fraction of sp³-hybridized carbons (Fsp3) is 0. The topological polar surface area (TPSA) is 72.2 Å². The van der Waals surface area contributed by atoms with Crippen LogP contribution < -0.4 is 10.5 Å². The molecule has 0 heterocycles. The van der Waals surface area contributed by atoms with Crippen LogP contribution in [0.4, 0.5) is 20.2 Å². The number of nitrogen functional groups attached to an aromatic ring is 1. The Bertz CT molecular complexity index is 793. The number of para-hydroxylation sites is 1. The number of hydrogen-bond acceptors (Lipinski definition) is 3. The van der Waals surface area contributed by atoms with E-state index in [1.165, 1.54) is 12.1 Å². The lowest BCUT2D eigenvalue weighted by Gasteiger charge is -2.12. The minimum Gasteiger partial charge on any atom is -0.396 e. The van der Waals surface area contributed by atoms with Crippen LogP contribution in [0.5, 0.6) is 0 Å². The summed E-state index contributed by atoms with van der Waals surface area (Å²) >= 11 is 6.00. The van der Waals surface area contributed by atoms with Crippen LogP contribution in [-0.4, -0.2) is 8.42 Å². The summed E-state index contributed by atoms with van der Waals surface area (Å²) in [5.41, 5.74) is 4.80. The standard InChI is InChI=1S/C12H8Br2F2N2O2S/c13-6-2-1-3-8(15)12(6)18-21(19,20)11-5-10(17)9(16)4-7(11)14/h1-5,18H,17H2. The Labute approximate surface area is 136 Å². The van der Waals surface area contributed by atoms with Crippen molar-refractivity contribution < 1.29 is 17.2 Å². The molecule has 0 unspecified atom stereocenters. The number of nitrogens with two attached hydrogens (primary N) is 1. The van der Waals surface area contributed by atoms with Crippen molar-refractivity contribution in [3.8, 4) is 0 Å². The summed E-state index contributed by atoms with van der Waals surface area (Å²) in [5, 5.41) is 0. The van der Waals surface area contributed by atoms with Gasteiger partial charge >= 0.3 is 0 Å². The molecule has 0 atom stereocenters. The molecule has 0 aliphatic rings. The van der Waals surface area contributed by atoms with E-state index in [9.17, 15) is 17.2 Å². The smallest absolute Gasteiger partial charge is 0.263 e. The maximum Gasteiger partial charge on any atom is 0.263 e. The predicted octanol–water partition coefficient (Wildman–Crippen LogP) is 3.87. The number of hydrogen-bond donors (Lipinski definition) is 2. The van der Waals surface area contributed by atoms with Crippen molar-refractivity contribution in [1.82, 2.24) is 0 Å². The van der Waals surface area contributed by atoms with E-state index in [2.05, 4.69) is 36.6 Å². The van der Waals surface area contributed by atoms with Crippen molar-refractivity contribution in [3.63, 3.8) is 0 Å². The zero-order valence-corrected chi connectivity index (χ0v) is 14.2. The molecular formula is C12H8Br2F2N2O2S. The molecule has 9 heteroatoms. The van der Waals surface area contributed by atoms with Crippen LogP contribution in [0, 0.1) is 11.6 Å². The van der Waals surface area contributed by atoms with Crippen LogP contribution >= 0.6 is 31.9 Å². The highest BCUT2D eigenvalue weighted by Crippen LogP contribution is 2.31. The summed E-state index contributed by atoms with van der Waals surface area (Å²) in [6.07, 6.45) is 0. The van der Waals surface area contributed by atoms with Gasteiger partial charge in [0.05, 0.1) is 11.4 Å². The van der Waals surface area contributed by atoms with Gasteiger partial charge in [-0.2, -0.15) is 0 Å². The SMILES string of the molecule is Nc1cc(S(=O)(=O)Nc2c(F)cccc2Br)c(Br)cc1F. The maximum absolute atomic E-state index is 13.7. The highest BCUT2D eigenvalue weighted by atomic mass is 79.9. The number of sulfonamides is 1. The third-order valence-electron chi connectivity index (χ3n) is 2.54. The first-order valence-electron chi connectivity index (χ1n) is 5.43. The van der Waals surface area contributed by atoms with Crippen LogP contribution in [0.2, 0.25) is 0 Å². The zero-order chi connectivity index (χ0) is 15.8. The first kappa shape index (κ1) is 16.2. The fourth-order valence-corrected chi connectivity index (χ4v) is 4.25. The van der Waals surface area contributed by atoms with Gasteiger partial charge in [-0.3, -0.25) is 4.72 Å². The van der Waals surface area contributed by atoms with Gasteiger partial charge in [0.25, 0.3) is 10.0 Å². The molecule has 4 nitrogen and oxygen atoms in total. The second kappa shape index (κ2) is 5.90. The van der Waals surface area contributed by atoms with Gasteiger partial charge in [0.2, 0.25) is 0 Å². The van der Waals surface area contributed by atoms with E-state index in [1.807, 2.05) is 0 Å². The lowest BCUT2D eigenvalue weighted by Crippen LogP contribution is -2.15. The molecule has 0 aromatic heterocycles. The summed E-state index contributed by atoms with van der Waals surface area (Å²) < 4.78 is 53.8. The minimum atomic E-state index is -4.14. The van der Waals surface area contributed by atoms with Crippen molar-refractivity contribution >= 4 is 53.3 Å². The van der Waals surface area contributed by atoms with Crippen LogP contribution in [-0.2, 0) is 10.0 Å². The molecule has 0 spiro atoms. The second-order valence-electron chi connectivity index (χ2n) is 4.01. The van der Waals surface area contributed by atoms with Crippen LogP contribution in [0.25, 0.3) is 0 Å². The van der Waals surface area contributed by atoms with Crippen molar-refractivity contribution in [2.75, 3.05) is 10.5 Å². The summed E-state index contributed by atoms with van der Waals surface area (Å²) in [6.45, 7) is 0. The first-order valence-corrected chi connectivity index (χ1v) is 8.50. The van der Waals surface area contributed by atoms with E-state index in [0.717, 1.165) is 18.2 Å². The molecule has 0 radical (unpaired) electrons. The number of nitrogens with one attached hydrogen (secondary N) is 1. The first-order chi connectivity index (χ1) is 9.72. The Morgan fingerprint density at radius 1 is 1.05 bits per heavy atom. The van der Waals surface area contributed by atoms with Crippen LogP contribution in [0.3, 0.4) is 0 Å². The maximum atomic E-state index is 13.7. The minimum absolute atomic E-state index is 0.0193. The van der Waals surface area contributed by atoms with Gasteiger partial charge in [-0.05, 0) is 56.1 Å². The van der Waals surface area contributed by atoms with E-state index < -0.39 is 21.7 Å². The van der Waals surface area contributed by atoms with Crippen molar-refractivity contribution in [3.05, 3.63) is 50.9 Å². The lowest BCUT2D eigenvalue weighted by atomic mass is 10.3. The second-order valence-corrected chi connectivity index (χ2v) is 7.37. The van der Waals surface area contributed by atoms with Gasteiger partial charge in [0.15, 0.2) is 0 Å². The molecule has 0 saturated heterocycles. The molecule has 0 bridgehead atoms. The predicted molar refractivity (Wildman–Crippen MR) is 83.4 cm³/mol. The van der Waals surface area contributed by atoms with Gasteiger partial charge in [-0.15, -0.1) is 0 Å². The van der Waals surface area contributed by atoms with E-state index >= 15 is 0 Å². The van der Waals surface area contributed by atoms with Crippen LogP contribution in [0.1, 0.15) is 0 Å². The zero-order valence-electron chi connectivity index (χ0n) is 10.2. The van der Waals surface area contributed by atoms with Crippen molar-refractivity contribution in [1.29, 1.82) is 0 Å². The van der Waals surface area contributed by atoms with E-state index in [0.29, 0.717) is 0 Å². The average Bonchev–Trinajstić information content (AvgIpc) is 2.38. The molecule has 2 aromatic rings. The lowest BCUT2D eigenvalue weighted by molar-refractivity contribution is 0.596. The van der Waals surface area contributed by atoms with Gasteiger partial charge in [-0.25, -0.2) is 17.2 Å². The molecule has 112 valence electrons. The molecule has 2 aromatic carbocycles. The van der Waals surface area contributed by atoms with Gasteiger partial charge < -0.3 is 5.73 Å². The molecule has 0 fully saturated rings. The monoisotopic (exact) mass is 440 g/mol. The fourth-order valence-electron chi connectivity index (χ4n) is 1.54. The molecule has 0 aliphatic heterocycles. The molecule has 3 N–H and O–H groups in total. The summed E-state index contributed by atoms with van der Waals surface area (Å²) in [6, 6.07) is 5.89. The van der Waals surface area contributed by atoms with Crippen LogP contribution in [0.15, 0.2) is 44.2 Å². The highest BCUT2D eigenvalue weighted by molar-refractivity contribution is 9.11. The number of rotatable bonds is 3. The van der Waals surface area contributed by atoms with Crippen molar-refractivity contribution in [2.24, 2.45) is 0 Å². The number of halogens is 4. The van der Waals surface area contributed by atoms with Gasteiger partial charge in [0, 0.05) is 8.95 Å². The largest absolute Gasteiger partial charge is 0.396 e. The van der Waals surface area contributed by atoms with Gasteiger partial charge in [-0.1, -0.05) is 6.07 Å². The Balaban J connectivity index is 2.51. The molecule has 0 aliphatic carbocycles. The van der Waals surface area contributed by atoms with E-state index in [-0.39, 0.29) is 25.2 Å². The molecule has 0 saturated carbocycles. The molecular weight excluding hydrogens is 434 g/mol. The van der Waals surface area contributed by atoms with Crippen molar-refractivity contribution in [2.45, 2.75) is 4.90 Å². The Hall–Kier alpha value is -1.19. The summed E-state index contributed by atoms with van der Waals surface area (Å²) in [7, 11) is -4.14. The van der Waals surface area contributed by atoms with Gasteiger partial charge in [0.1, 0.15) is 16.5 Å². The third-order valence-corrected chi connectivity index (χ3v) is 5.51. The number of benzene rings is 2. The third kappa shape index (κ3) is 3.35. The molecule has 0 amide bonds. The number of anilines is 2. The Kier molecular flexibility index (Phi) is 4.54. The molecule has 21 heavy (non-hydrogen) atoms. The highest BCUT2D eigenvalue weighted by Gasteiger charge is 2.22. The molecule has 2 rings (SSSR count). The quantitative estimate of drug-likeness (QED) is 0.710. The van der Waals surface area contributed by atoms with E-state index in [1.54, 1.807) is 0 Å². The normalized spacial score (nSPS) is 11.4. The average molecular weight is 442 g/mol.